The monoisotopic (exact) mass is 369 g/mol. The van der Waals surface area contributed by atoms with Crippen LogP contribution >= 0.6 is 0 Å². The van der Waals surface area contributed by atoms with Crippen LogP contribution in [-0.4, -0.2) is 12.5 Å². The summed E-state index contributed by atoms with van der Waals surface area (Å²) in [6, 6.07) is 21.9. The quantitative estimate of drug-likeness (QED) is 0.705. The lowest BCUT2D eigenvalue weighted by molar-refractivity contribution is -0.118. The van der Waals surface area contributed by atoms with E-state index in [4.69, 9.17) is 4.74 Å². The number of aryl methyl sites for hydroxylation is 3. The standard InChI is InChI=1S/C25H23NO2/c1-16-12-17(14-23-25(16)28-15-24(27)26-23)13-22-20-8-4-2-6-18(20)10-11-19-7-3-5-9-21(19)22/h2-9,12,14,22H,10-11,13,15H2,1H3,(H,26,27). The number of fused-ring (bicyclic) bond motifs is 3. The maximum Gasteiger partial charge on any atom is 0.262 e. The van der Waals surface area contributed by atoms with Crippen LogP contribution in [0.5, 0.6) is 5.75 Å². The van der Waals surface area contributed by atoms with Gasteiger partial charge >= 0.3 is 0 Å². The van der Waals surface area contributed by atoms with Crippen molar-refractivity contribution in [1.29, 1.82) is 0 Å². The smallest absolute Gasteiger partial charge is 0.262 e. The summed E-state index contributed by atoms with van der Waals surface area (Å²) in [5.41, 5.74) is 8.80. The molecule has 0 unspecified atom stereocenters. The first-order chi connectivity index (χ1) is 13.7. The Morgan fingerprint density at radius 1 is 0.964 bits per heavy atom. The summed E-state index contributed by atoms with van der Waals surface area (Å²) >= 11 is 0. The predicted octanol–water partition coefficient (Wildman–Crippen LogP) is 4.80. The molecular formula is C25H23NO2. The molecule has 1 aliphatic carbocycles. The molecule has 3 aromatic carbocycles. The van der Waals surface area contributed by atoms with Crippen LogP contribution in [0.2, 0.25) is 0 Å². The predicted molar refractivity (Wildman–Crippen MR) is 111 cm³/mol. The van der Waals surface area contributed by atoms with Gasteiger partial charge in [-0.25, -0.2) is 0 Å². The third kappa shape index (κ3) is 2.97. The van der Waals surface area contributed by atoms with E-state index in [1.807, 2.05) is 0 Å². The summed E-state index contributed by atoms with van der Waals surface area (Å²) in [5, 5.41) is 2.97. The molecule has 0 fully saturated rings. The van der Waals surface area contributed by atoms with Gasteiger partial charge in [0.2, 0.25) is 0 Å². The Balaban J connectivity index is 1.59. The zero-order valence-electron chi connectivity index (χ0n) is 16.0. The summed E-state index contributed by atoms with van der Waals surface area (Å²) in [6.45, 7) is 2.14. The minimum absolute atomic E-state index is 0.0887. The van der Waals surface area contributed by atoms with Crippen molar-refractivity contribution in [3.05, 3.63) is 94.0 Å². The average Bonchev–Trinajstić information content (AvgIpc) is 2.85. The van der Waals surface area contributed by atoms with Crippen molar-refractivity contribution in [2.45, 2.75) is 32.1 Å². The Hall–Kier alpha value is -3.07. The topological polar surface area (TPSA) is 38.3 Å². The van der Waals surface area contributed by atoms with Gasteiger partial charge in [0.1, 0.15) is 5.75 Å². The number of nitrogens with one attached hydrogen (secondary N) is 1. The van der Waals surface area contributed by atoms with Gasteiger partial charge in [0.05, 0.1) is 5.69 Å². The minimum Gasteiger partial charge on any atom is -0.481 e. The van der Waals surface area contributed by atoms with Crippen molar-refractivity contribution in [2.75, 3.05) is 11.9 Å². The number of benzene rings is 3. The van der Waals surface area contributed by atoms with Crippen molar-refractivity contribution in [2.24, 2.45) is 0 Å². The summed E-state index contributed by atoms with van der Waals surface area (Å²) in [7, 11) is 0. The fourth-order valence-electron chi connectivity index (χ4n) is 4.67. The van der Waals surface area contributed by atoms with Crippen LogP contribution < -0.4 is 10.1 Å². The molecule has 0 saturated carbocycles. The van der Waals surface area contributed by atoms with Crippen molar-refractivity contribution in [3.63, 3.8) is 0 Å². The molecule has 0 bridgehead atoms. The Morgan fingerprint density at radius 3 is 2.29 bits per heavy atom. The Morgan fingerprint density at radius 2 is 1.61 bits per heavy atom. The molecule has 1 aliphatic heterocycles. The van der Waals surface area contributed by atoms with E-state index in [9.17, 15) is 4.79 Å². The van der Waals surface area contributed by atoms with Crippen molar-refractivity contribution < 1.29 is 9.53 Å². The molecule has 1 heterocycles. The SMILES string of the molecule is Cc1cc(CC2c3ccccc3CCc3ccccc32)cc2c1OCC(=O)N2. The molecule has 0 saturated heterocycles. The number of hydrogen-bond donors (Lipinski definition) is 1. The molecule has 1 amide bonds. The summed E-state index contributed by atoms with van der Waals surface area (Å²) in [6.07, 6.45) is 3.06. The van der Waals surface area contributed by atoms with E-state index < -0.39 is 0 Å². The van der Waals surface area contributed by atoms with Gasteiger partial charge in [-0.1, -0.05) is 54.6 Å². The number of hydrogen-bond acceptors (Lipinski definition) is 2. The van der Waals surface area contributed by atoms with Gasteiger partial charge in [0.15, 0.2) is 6.61 Å². The van der Waals surface area contributed by atoms with Crippen LogP contribution in [-0.2, 0) is 24.1 Å². The van der Waals surface area contributed by atoms with Crippen molar-refractivity contribution in [3.8, 4) is 5.75 Å². The largest absolute Gasteiger partial charge is 0.481 e. The van der Waals surface area contributed by atoms with Gasteiger partial charge < -0.3 is 10.1 Å². The van der Waals surface area contributed by atoms with E-state index in [-0.39, 0.29) is 12.5 Å². The van der Waals surface area contributed by atoms with Crippen LogP contribution in [0.1, 0.15) is 39.3 Å². The fraction of sp³-hybridized carbons (Fsp3) is 0.240. The second-order valence-electron chi connectivity index (χ2n) is 7.78. The second kappa shape index (κ2) is 6.83. The number of rotatable bonds is 2. The van der Waals surface area contributed by atoms with Gasteiger partial charge in [-0.2, -0.15) is 0 Å². The van der Waals surface area contributed by atoms with Crippen molar-refractivity contribution in [1.82, 2.24) is 0 Å². The molecule has 0 radical (unpaired) electrons. The molecule has 0 spiro atoms. The first-order valence-corrected chi connectivity index (χ1v) is 9.91. The molecule has 3 aromatic rings. The first kappa shape index (κ1) is 17.1. The highest BCUT2D eigenvalue weighted by atomic mass is 16.5. The highest BCUT2D eigenvalue weighted by Gasteiger charge is 2.25. The van der Waals surface area contributed by atoms with E-state index in [0.717, 1.165) is 36.3 Å². The highest BCUT2D eigenvalue weighted by Crippen LogP contribution is 2.39. The molecule has 140 valence electrons. The Labute approximate surface area is 165 Å². The lowest BCUT2D eigenvalue weighted by Crippen LogP contribution is -2.26. The third-order valence-corrected chi connectivity index (χ3v) is 5.92. The fourth-order valence-corrected chi connectivity index (χ4v) is 4.67. The minimum atomic E-state index is -0.0887. The summed E-state index contributed by atoms with van der Waals surface area (Å²) in [5.74, 6) is 1.02. The lowest BCUT2D eigenvalue weighted by atomic mass is 9.83. The highest BCUT2D eigenvalue weighted by molar-refractivity contribution is 5.95. The maximum atomic E-state index is 11.8. The van der Waals surface area contributed by atoms with E-state index in [2.05, 4.69) is 72.9 Å². The van der Waals surface area contributed by atoms with Crippen LogP contribution in [0.4, 0.5) is 5.69 Å². The van der Waals surface area contributed by atoms with Crippen LogP contribution in [0.3, 0.4) is 0 Å². The number of carbonyl (C=O) groups excluding carboxylic acids is 1. The van der Waals surface area contributed by atoms with Gasteiger partial charge in [0.25, 0.3) is 5.91 Å². The number of ether oxygens (including phenoxy) is 1. The zero-order valence-corrected chi connectivity index (χ0v) is 16.0. The summed E-state index contributed by atoms with van der Waals surface area (Å²) < 4.78 is 5.63. The molecule has 28 heavy (non-hydrogen) atoms. The Kier molecular flexibility index (Phi) is 4.16. The zero-order chi connectivity index (χ0) is 19.1. The van der Waals surface area contributed by atoms with Crippen LogP contribution in [0.15, 0.2) is 60.7 Å². The second-order valence-corrected chi connectivity index (χ2v) is 7.78. The maximum absolute atomic E-state index is 11.8. The number of amides is 1. The van der Waals surface area contributed by atoms with E-state index in [1.165, 1.54) is 27.8 Å². The van der Waals surface area contributed by atoms with E-state index >= 15 is 0 Å². The molecule has 1 N–H and O–H groups in total. The molecule has 5 rings (SSSR count). The lowest BCUT2D eigenvalue weighted by Gasteiger charge is -2.24. The molecule has 0 aromatic heterocycles. The normalized spacial score (nSPS) is 15.5. The third-order valence-electron chi connectivity index (χ3n) is 5.92. The number of anilines is 1. The Bertz CT molecular complexity index is 1020. The molecular weight excluding hydrogens is 346 g/mol. The van der Waals surface area contributed by atoms with Gasteiger partial charge in [-0.15, -0.1) is 0 Å². The van der Waals surface area contributed by atoms with Gasteiger partial charge in [0, 0.05) is 5.92 Å². The first-order valence-electron chi connectivity index (χ1n) is 9.91. The van der Waals surface area contributed by atoms with E-state index in [1.54, 1.807) is 0 Å². The molecule has 3 nitrogen and oxygen atoms in total. The van der Waals surface area contributed by atoms with Gasteiger partial charge in [-0.05, 0) is 65.6 Å². The molecule has 2 aliphatic rings. The van der Waals surface area contributed by atoms with Crippen molar-refractivity contribution >= 4 is 11.6 Å². The van der Waals surface area contributed by atoms with E-state index in [0.29, 0.717) is 5.92 Å². The number of carbonyl (C=O) groups is 1. The molecule has 0 atom stereocenters. The van der Waals surface area contributed by atoms with Crippen LogP contribution in [0.25, 0.3) is 0 Å². The van der Waals surface area contributed by atoms with Gasteiger partial charge in [-0.3, -0.25) is 4.79 Å². The van der Waals surface area contributed by atoms with Crippen LogP contribution in [0, 0.1) is 6.92 Å². The summed E-state index contributed by atoms with van der Waals surface area (Å²) in [4.78, 5) is 11.8. The average molecular weight is 369 g/mol. The molecule has 3 heteroatoms.